The van der Waals surface area contributed by atoms with Gasteiger partial charge in [-0.3, -0.25) is 19.7 Å². The van der Waals surface area contributed by atoms with Crippen LogP contribution in [0.5, 0.6) is 11.5 Å². The Morgan fingerprint density at radius 2 is 1.84 bits per heavy atom. The topological polar surface area (TPSA) is 111 Å². The van der Waals surface area contributed by atoms with Crippen LogP contribution < -0.4 is 19.7 Å². The Labute approximate surface area is 185 Å². The van der Waals surface area contributed by atoms with Gasteiger partial charge in [0.05, 0.1) is 31.8 Å². The maximum absolute atomic E-state index is 12.5. The molecule has 1 fully saturated rings. The van der Waals surface area contributed by atoms with Crippen LogP contribution in [0.25, 0.3) is 0 Å². The average Bonchev–Trinajstić information content (AvgIpc) is 2.81. The van der Waals surface area contributed by atoms with Gasteiger partial charge in [0.1, 0.15) is 5.56 Å². The number of nitro groups is 1. The third-order valence-electron chi connectivity index (χ3n) is 5.02. The number of rotatable bonds is 6. The number of nitrogens with one attached hydrogen (secondary N) is 1. The predicted octanol–water partition coefficient (Wildman–Crippen LogP) is 2.91. The highest BCUT2D eigenvalue weighted by atomic mass is 16.6. The molecule has 1 heterocycles. The molecular formula is C23H23N3O6. The van der Waals surface area contributed by atoms with Crippen LogP contribution in [0.3, 0.4) is 0 Å². The van der Waals surface area contributed by atoms with Gasteiger partial charge in [0.2, 0.25) is 5.91 Å². The first-order chi connectivity index (χ1) is 15.4. The molecule has 32 heavy (non-hydrogen) atoms. The monoisotopic (exact) mass is 437 g/mol. The van der Waals surface area contributed by atoms with Gasteiger partial charge in [-0.05, 0) is 37.1 Å². The van der Waals surface area contributed by atoms with E-state index in [0.717, 1.165) is 36.7 Å². The van der Waals surface area contributed by atoms with E-state index < -0.39 is 16.5 Å². The van der Waals surface area contributed by atoms with Crippen molar-refractivity contribution in [1.29, 1.82) is 0 Å². The second kappa shape index (κ2) is 10.3. The first-order valence-corrected chi connectivity index (χ1v) is 10.0. The largest absolute Gasteiger partial charge is 0.493 e. The van der Waals surface area contributed by atoms with Crippen molar-refractivity contribution < 1.29 is 24.0 Å². The number of carbonyl (C=O) groups excluding carboxylic acids is 2. The molecule has 0 saturated carbocycles. The number of nitrogens with zero attached hydrogens (tertiary/aromatic N) is 2. The predicted molar refractivity (Wildman–Crippen MR) is 118 cm³/mol. The molecule has 0 radical (unpaired) electrons. The third kappa shape index (κ3) is 5.16. The summed E-state index contributed by atoms with van der Waals surface area (Å²) in [5.74, 6) is 5.59. The van der Waals surface area contributed by atoms with Crippen molar-refractivity contribution in [1.82, 2.24) is 5.32 Å². The van der Waals surface area contributed by atoms with Crippen molar-refractivity contribution >= 4 is 23.2 Å². The van der Waals surface area contributed by atoms with Crippen molar-refractivity contribution in [2.24, 2.45) is 0 Å². The van der Waals surface area contributed by atoms with Gasteiger partial charge in [0, 0.05) is 30.3 Å². The maximum Gasteiger partial charge on any atom is 0.286 e. The summed E-state index contributed by atoms with van der Waals surface area (Å²) in [6, 6.07) is 9.72. The molecule has 1 aliphatic rings. The van der Waals surface area contributed by atoms with Crippen LogP contribution in [0.1, 0.15) is 35.2 Å². The van der Waals surface area contributed by atoms with Crippen LogP contribution in [-0.2, 0) is 4.79 Å². The van der Waals surface area contributed by atoms with E-state index in [9.17, 15) is 19.7 Å². The molecular weight excluding hydrogens is 414 g/mol. The van der Waals surface area contributed by atoms with Crippen molar-refractivity contribution in [2.45, 2.75) is 19.3 Å². The first kappa shape index (κ1) is 22.6. The van der Waals surface area contributed by atoms with Crippen LogP contribution >= 0.6 is 0 Å². The van der Waals surface area contributed by atoms with Crippen LogP contribution in [0.4, 0.5) is 11.4 Å². The zero-order valence-electron chi connectivity index (χ0n) is 17.8. The molecule has 9 nitrogen and oxygen atoms in total. The maximum atomic E-state index is 12.5. The molecule has 0 aliphatic carbocycles. The Morgan fingerprint density at radius 3 is 2.47 bits per heavy atom. The van der Waals surface area contributed by atoms with E-state index in [1.54, 1.807) is 4.90 Å². The average molecular weight is 437 g/mol. The fraction of sp³-hybridized carbons (Fsp3) is 0.304. The number of hydrogen-bond acceptors (Lipinski definition) is 6. The Hall–Kier alpha value is -4.06. The van der Waals surface area contributed by atoms with E-state index in [0.29, 0.717) is 6.42 Å². The highest BCUT2D eigenvalue weighted by Crippen LogP contribution is 2.34. The van der Waals surface area contributed by atoms with Crippen molar-refractivity contribution in [3.63, 3.8) is 0 Å². The smallest absolute Gasteiger partial charge is 0.286 e. The third-order valence-corrected chi connectivity index (χ3v) is 5.02. The molecule has 1 saturated heterocycles. The SMILES string of the molecule is COc1cc(C(=O)NCC#Cc2ccc(N3CCCCC3=O)cc2)c([N+](=O)[O-])cc1OC. The number of methoxy groups -OCH3 is 2. The Balaban J connectivity index is 1.66. The molecule has 3 rings (SSSR count). The minimum absolute atomic E-state index is 0.00328. The number of hydrogen-bond donors (Lipinski definition) is 1. The number of ether oxygens (including phenoxy) is 2. The summed E-state index contributed by atoms with van der Waals surface area (Å²) >= 11 is 0. The number of anilines is 1. The minimum Gasteiger partial charge on any atom is -0.493 e. The number of carbonyl (C=O) groups is 2. The molecule has 166 valence electrons. The fourth-order valence-corrected chi connectivity index (χ4v) is 3.37. The summed E-state index contributed by atoms with van der Waals surface area (Å²) in [5, 5.41) is 13.9. The molecule has 9 heteroatoms. The Bertz CT molecular complexity index is 1090. The lowest BCUT2D eigenvalue weighted by atomic mass is 10.1. The van der Waals surface area contributed by atoms with E-state index in [-0.39, 0.29) is 29.5 Å². The zero-order valence-corrected chi connectivity index (χ0v) is 17.8. The van der Waals surface area contributed by atoms with Gasteiger partial charge >= 0.3 is 0 Å². The fourth-order valence-electron chi connectivity index (χ4n) is 3.37. The van der Waals surface area contributed by atoms with Gasteiger partial charge < -0.3 is 19.7 Å². The summed E-state index contributed by atoms with van der Waals surface area (Å²) in [6.07, 6.45) is 2.49. The highest BCUT2D eigenvalue weighted by molar-refractivity contribution is 5.99. The second-order valence-electron chi connectivity index (χ2n) is 7.02. The van der Waals surface area contributed by atoms with Gasteiger partial charge in [-0.2, -0.15) is 0 Å². The van der Waals surface area contributed by atoms with Crippen LogP contribution in [-0.4, -0.2) is 44.0 Å². The molecule has 0 atom stereocenters. The van der Waals surface area contributed by atoms with Crippen LogP contribution in [0, 0.1) is 22.0 Å². The molecule has 0 unspecified atom stereocenters. The first-order valence-electron chi connectivity index (χ1n) is 10.0. The van der Waals surface area contributed by atoms with Gasteiger partial charge in [-0.15, -0.1) is 0 Å². The summed E-state index contributed by atoms with van der Waals surface area (Å²) < 4.78 is 10.2. The van der Waals surface area contributed by atoms with E-state index in [4.69, 9.17) is 9.47 Å². The normalized spacial score (nSPS) is 13.1. The highest BCUT2D eigenvalue weighted by Gasteiger charge is 2.24. The van der Waals surface area contributed by atoms with Crippen molar-refractivity contribution in [3.8, 4) is 23.3 Å². The lowest BCUT2D eigenvalue weighted by Gasteiger charge is -2.26. The van der Waals surface area contributed by atoms with Gasteiger partial charge in [-0.25, -0.2) is 0 Å². The summed E-state index contributed by atoms with van der Waals surface area (Å²) in [6.45, 7) is 0.717. The summed E-state index contributed by atoms with van der Waals surface area (Å²) in [4.78, 5) is 37.0. The van der Waals surface area contributed by atoms with E-state index in [1.165, 1.54) is 20.3 Å². The Morgan fingerprint density at radius 1 is 1.16 bits per heavy atom. The number of benzene rings is 2. The number of amides is 2. The summed E-state index contributed by atoms with van der Waals surface area (Å²) in [5.41, 5.74) is 1.03. The number of piperidine rings is 1. The van der Waals surface area contributed by atoms with E-state index >= 15 is 0 Å². The molecule has 1 N–H and O–H groups in total. The number of nitro benzene ring substituents is 1. The van der Waals surface area contributed by atoms with Gasteiger partial charge in [0.25, 0.3) is 11.6 Å². The summed E-state index contributed by atoms with van der Waals surface area (Å²) in [7, 11) is 2.73. The van der Waals surface area contributed by atoms with E-state index in [1.807, 2.05) is 24.3 Å². The van der Waals surface area contributed by atoms with Gasteiger partial charge in [0.15, 0.2) is 11.5 Å². The molecule has 0 bridgehead atoms. The molecule has 2 aromatic carbocycles. The quantitative estimate of drug-likeness (QED) is 0.423. The van der Waals surface area contributed by atoms with Crippen LogP contribution in [0.15, 0.2) is 36.4 Å². The van der Waals surface area contributed by atoms with Gasteiger partial charge in [-0.1, -0.05) is 11.8 Å². The molecule has 0 aromatic heterocycles. The molecule has 0 spiro atoms. The minimum atomic E-state index is -0.656. The lowest BCUT2D eigenvalue weighted by Crippen LogP contribution is -2.35. The second-order valence-corrected chi connectivity index (χ2v) is 7.02. The van der Waals surface area contributed by atoms with Crippen LogP contribution in [0.2, 0.25) is 0 Å². The molecule has 2 amide bonds. The lowest BCUT2D eigenvalue weighted by molar-refractivity contribution is -0.385. The van der Waals surface area contributed by atoms with E-state index in [2.05, 4.69) is 17.2 Å². The standard InChI is InChI=1S/C23H23N3O6/c1-31-20-14-18(19(26(29)30)15-21(20)32-2)23(28)24-12-5-6-16-8-10-17(11-9-16)25-13-4-3-7-22(25)27/h8-11,14-15H,3-4,7,12-13H2,1-2H3,(H,24,28). The molecule has 1 aliphatic heterocycles. The Kier molecular flexibility index (Phi) is 7.29. The zero-order chi connectivity index (χ0) is 23.1. The van der Waals surface area contributed by atoms with Crippen molar-refractivity contribution in [2.75, 3.05) is 32.2 Å². The van der Waals surface area contributed by atoms with Crippen molar-refractivity contribution in [3.05, 3.63) is 57.6 Å². The molecule has 2 aromatic rings.